The minimum atomic E-state index is -0.137. The van der Waals surface area contributed by atoms with E-state index in [1.54, 1.807) is 12.1 Å². The molecule has 124 valence electrons. The molecule has 1 N–H and O–H groups in total. The smallest absolute Gasteiger partial charge is 0.280 e. The third-order valence-electron chi connectivity index (χ3n) is 3.66. The highest BCUT2D eigenvalue weighted by Crippen LogP contribution is 2.24. The van der Waals surface area contributed by atoms with Crippen molar-refractivity contribution in [2.75, 3.05) is 5.43 Å². The minimum Gasteiger partial charge on any atom is -0.290 e. The lowest BCUT2D eigenvalue weighted by Gasteiger charge is -2.15. The summed E-state index contributed by atoms with van der Waals surface area (Å²) in [6, 6.07) is 16.8. The molecule has 0 amide bonds. The Balaban J connectivity index is 1.96. The fourth-order valence-corrected chi connectivity index (χ4v) is 3.81. The summed E-state index contributed by atoms with van der Waals surface area (Å²) in [7, 11) is 0. The molecular weight excluding hydrogens is 469 g/mol. The highest BCUT2D eigenvalue weighted by Gasteiger charge is 2.14. The van der Waals surface area contributed by atoms with Gasteiger partial charge in [0.1, 0.15) is 0 Å². The maximum atomic E-state index is 13.1. The maximum absolute atomic E-state index is 13.1. The molecule has 2 heterocycles. The lowest BCUT2D eigenvalue weighted by atomic mass is 10.2. The van der Waals surface area contributed by atoms with E-state index in [1.165, 1.54) is 16.0 Å². The van der Waals surface area contributed by atoms with Crippen molar-refractivity contribution >= 4 is 62.1 Å². The van der Waals surface area contributed by atoms with Gasteiger partial charge >= 0.3 is 0 Å². The zero-order valence-corrected chi connectivity index (χ0v) is 16.5. The van der Waals surface area contributed by atoms with Crippen LogP contribution in [0.3, 0.4) is 0 Å². The van der Waals surface area contributed by atoms with Gasteiger partial charge in [0.15, 0.2) is 5.82 Å². The summed E-state index contributed by atoms with van der Waals surface area (Å²) >= 11 is 9.68. The van der Waals surface area contributed by atoms with Gasteiger partial charge in [0.2, 0.25) is 0 Å². The van der Waals surface area contributed by atoms with Gasteiger partial charge in [-0.3, -0.25) is 10.2 Å². The number of nitrogens with one attached hydrogen (secondary N) is 1. The number of anilines is 1. The zero-order valence-electron chi connectivity index (χ0n) is 12.7. The monoisotopic (exact) mass is 479 g/mol. The third-order valence-corrected chi connectivity index (χ3v) is 5.45. The lowest BCUT2D eigenvalue weighted by molar-refractivity contribution is 0.896. The van der Waals surface area contributed by atoms with Crippen LogP contribution in [0, 0.1) is 3.57 Å². The summed E-state index contributed by atoms with van der Waals surface area (Å²) < 4.78 is 2.49. The normalized spacial score (nSPS) is 11.0. The second-order valence-electron chi connectivity index (χ2n) is 5.33. The number of benzene rings is 2. The largest absolute Gasteiger partial charge is 0.290 e. The maximum Gasteiger partial charge on any atom is 0.280 e. The number of aromatic nitrogens is 2. The standard InChI is InChI=1S/C18H11ClIN3OS/c19-11-3-6-13(7-4-11)22-23-17(16-2-1-9-25-16)21-15-8-5-12(20)10-14(15)18(23)24/h1-10,22H. The van der Waals surface area contributed by atoms with Crippen molar-refractivity contribution < 1.29 is 0 Å². The number of nitrogens with zero attached hydrogens (tertiary/aromatic N) is 2. The Morgan fingerprint density at radius 1 is 1.12 bits per heavy atom. The molecule has 0 aliphatic rings. The summed E-state index contributed by atoms with van der Waals surface area (Å²) in [6.45, 7) is 0. The number of hydrogen-bond acceptors (Lipinski definition) is 4. The molecule has 4 aromatic rings. The van der Waals surface area contributed by atoms with Gasteiger partial charge in [-0.1, -0.05) is 17.7 Å². The van der Waals surface area contributed by atoms with E-state index in [-0.39, 0.29) is 5.56 Å². The van der Waals surface area contributed by atoms with Crippen molar-refractivity contribution in [3.05, 3.63) is 78.9 Å². The Labute approximate surface area is 166 Å². The summed E-state index contributed by atoms with van der Waals surface area (Å²) in [5.41, 5.74) is 4.46. The highest BCUT2D eigenvalue weighted by atomic mass is 127. The number of fused-ring (bicyclic) bond motifs is 1. The Bertz CT molecular complexity index is 1110. The summed E-state index contributed by atoms with van der Waals surface area (Å²) in [6.07, 6.45) is 0. The van der Waals surface area contributed by atoms with E-state index in [0.717, 1.165) is 14.1 Å². The number of thiophene rings is 1. The lowest BCUT2D eigenvalue weighted by Crippen LogP contribution is -2.29. The average molecular weight is 480 g/mol. The minimum absolute atomic E-state index is 0.137. The Hall–Kier alpha value is -1.90. The summed E-state index contributed by atoms with van der Waals surface area (Å²) in [5, 5.41) is 3.18. The first kappa shape index (κ1) is 16.6. The van der Waals surface area contributed by atoms with Crippen LogP contribution in [0.1, 0.15) is 0 Å². The zero-order chi connectivity index (χ0) is 17.4. The molecule has 4 nitrogen and oxygen atoms in total. The number of halogens is 2. The molecule has 2 aromatic carbocycles. The SMILES string of the molecule is O=c1c2cc(I)ccc2nc(-c2cccs2)n1Nc1ccc(Cl)cc1. The van der Waals surface area contributed by atoms with E-state index < -0.39 is 0 Å². The van der Waals surface area contributed by atoms with Crippen molar-refractivity contribution in [3.63, 3.8) is 0 Å². The van der Waals surface area contributed by atoms with Crippen LogP contribution >= 0.6 is 45.5 Å². The van der Waals surface area contributed by atoms with Crippen LogP contribution in [0.4, 0.5) is 5.69 Å². The molecule has 0 aliphatic heterocycles. The molecular formula is C18H11ClIN3OS. The van der Waals surface area contributed by atoms with Crippen LogP contribution in [0.25, 0.3) is 21.6 Å². The first-order valence-corrected chi connectivity index (χ1v) is 9.74. The molecule has 0 aliphatic carbocycles. The van der Waals surface area contributed by atoms with Crippen molar-refractivity contribution in [3.8, 4) is 10.7 Å². The molecule has 4 rings (SSSR count). The molecule has 0 radical (unpaired) electrons. The van der Waals surface area contributed by atoms with Crippen LogP contribution in [-0.2, 0) is 0 Å². The molecule has 7 heteroatoms. The second-order valence-corrected chi connectivity index (χ2v) is 7.96. The van der Waals surface area contributed by atoms with Crippen molar-refractivity contribution in [2.45, 2.75) is 0 Å². The summed E-state index contributed by atoms with van der Waals surface area (Å²) in [5.74, 6) is 0.587. The molecule has 0 spiro atoms. The predicted octanol–water partition coefficient (Wildman–Crippen LogP) is 5.26. The van der Waals surface area contributed by atoms with Gasteiger partial charge in [-0.05, 0) is 76.5 Å². The van der Waals surface area contributed by atoms with Gasteiger partial charge < -0.3 is 0 Å². The fourth-order valence-electron chi connectivity index (χ4n) is 2.49. The highest BCUT2D eigenvalue weighted by molar-refractivity contribution is 14.1. The van der Waals surface area contributed by atoms with Crippen molar-refractivity contribution in [1.82, 2.24) is 9.66 Å². The van der Waals surface area contributed by atoms with E-state index in [1.807, 2.05) is 47.8 Å². The molecule has 0 saturated heterocycles. The quantitative estimate of drug-likeness (QED) is 0.408. The Morgan fingerprint density at radius 2 is 1.92 bits per heavy atom. The molecule has 0 bridgehead atoms. The van der Waals surface area contributed by atoms with Crippen LogP contribution in [0.5, 0.6) is 0 Å². The van der Waals surface area contributed by atoms with Gasteiger partial charge in [-0.15, -0.1) is 11.3 Å². The van der Waals surface area contributed by atoms with Crippen LogP contribution in [0.15, 0.2) is 64.8 Å². The van der Waals surface area contributed by atoms with Crippen LogP contribution < -0.4 is 11.0 Å². The Kier molecular flexibility index (Phi) is 4.49. The van der Waals surface area contributed by atoms with E-state index in [4.69, 9.17) is 16.6 Å². The second kappa shape index (κ2) is 6.78. The van der Waals surface area contributed by atoms with E-state index in [9.17, 15) is 4.79 Å². The molecule has 25 heavy (non-hydrogen) atoms. The molecule has 2 aromatic heterocycles. The molecule has 0 fully saturated rings. The van der Waals surface area contributed by atoms with Gasteiger partial charge in [-0.25, -0.2) is 4.98 Å². The van der Waals surface area contributed by atoms with Crippen LogP contribution in [-0.4, -0.2) is 9.66 Å². The first-order chi connectivity index (χ1) is 12.1. The average Bonchev–Trinajstić information content (AvgIpc) is 3.14. The topological polar surface area (TPSA) is 46.9 Å². The van der Waals surface area contributed by atoms with E-state index in [2.05, 4.69) is 28.0 Å². The molecule has 0 unspecified atom stereocenters. The van der Waals surface area contributed by atoms with Gasteiger partial charge in [0.05, 0.1) is 21.5 Å². The summed E-state index contributed by atoms with van der Waals surface area (Å²) in [4.78, 5) is 18.7. The van der Waals surface area contributed by atoms with Crippen molar-refractivity contribution in [2.24, 2.45) is 0 Å². The van der Waals surface area contributed by atoms with Crippen molar-refractivity contribution in [1.29, 1.82) is 0 Å². The third kappa shape index (κ3) is 3.29. The molecule has 0 saturated carbocycles. The first-order valence-electron chi connectivity index (χ1n) is 7.40. The van der Waals surface area contributed by atoms with Gasteiger partial charge in [-0.2, -0.15) is 4.68 Å². The number of rotatable bonds is 3. The van der Waals surface area contributed by atoms with Gasteiger partial charge in [0.25, 0.3) is 5.56 Å². The molecule has 0 atom stereocenters. The van der Waals surface area contributed by atoms with Crippen LogP contribution in [0.2, 0.25) is 5.02 Å². The Morgan fingerprint density at radius 3 is 2.64 bits per heavy atom. The predicted molar refractivity (Wildman–Crippen MR) is 113 cm³/mol. The fraction of sp³-hybridized carbons (Fsp3) is 0. The van der Waals surface area contributed by atoms with Gasteiger partial charge in [0, 0.05) is 8.59 Å². The number of hydrogen-bond donors (Lipinski definition) is 1. The van der Waals surface area contributed by atoms with E-state index >= 15 is 0 Å². The van der Waals surface area contributed by atoms with E-state index in [0.29, 0.717) is 21.7 Å².